The van der Waals surface area contributed by atoms with E-state index in [1.54, 1.807) is 7.11 Å². The summed E-state index contributed by atoms with van der Waals surface area (Å²) in [4.78, 5) is 12.0. The molecule has 0 aliphatic carbocycles. The molecule has 0 bridgehead atoms. The third kappa shape index (κ3) is 6.47. The van der Waals surface area contributed by atoms with Crippen molar-refractivity contribution in [1.29, 1.82) is 0 Å². The molecule has 6 heteroatoms. The van der Waals surface area contributed by atoms with Gasteiger partial charge in [0.15, 0.2) is 11.5 Å². The topological polar surface area (TPSA) is 59.6 Å². The maximum absolute atomic E-state index is 12.0. The van der Waals surface area contributed by atoms with Crippen LogP contribution >= 0.6 is 15.9 Å². The van der Waals surface area contributed by atoms with Crippen molar-refractivity contribution < 1.29 is 14.3 Å². The van der Waals surface area contributed by atoms with E-state index in [-0.39, 0.29) is 5.91 Å². The van der Waals surface area contributed by atoms with Crippen LogP contribution in [0.4, 0.5) is 11.4 Å². The molecule has 27 heavy (non-hydrogen) atoms. The zero-order valence-corrected chi connectivity index (χ0v) is 17.9. The summed E-state index contributed by atoms with van der Waals surface area (Å²) < 4.78 is 12.1. The highest BCUT2D eigenvalue weighted by Crippen LogP contribution is 2.35. The van der Waals surface area contributed by atoms with E-state index < -0.39 is 0 Å². The van der Waals surface area contributed by atoms with Gasteiger partial charge in [0.25, 0.3) is 0 Å². The number of ether oxygens (including phenoxy) is 2. The number of carbonyl (C=O) groups excluding carboxylic acids is 1. The first-order chi connectivity index (χ1) is 12.9. The molecule has 0 aliphatic rings. The minimum atomic E-state index is 0.0255. The first kappa shape index (κ1) is 21.1. The van der Waals surface area contributed by atoms with Crippen molar-refractivity contribution in [3.05, 3.63) is 46.4 Å². The fourth-order valence-electron chi connectivity index (χ4n) is 2.70. The minimum absolute atomic E-state index is 0.0255. The number of anilines is 2. The standard InChI is InChI=1S/C21H27BrN2O3/c1-5-27-21-15(10-16(22)11-19(21)26-4)13-23-17-7-6-8-18(12-17)24-20(25)9-14(2)3/h6-8,10-12,14,23H,5,9,13H2,1-4H3,(H,24,25). The van der Waals surface area contributed by atoms with E-state index in [0.717, 1.165) is 27.2 Å². The molecule has 0 saturated carbocycles. The van der Waals surface area contributed by atoms with Crippen LogP contribution in [0.5, 0.6) is 11.5 Å². The Morgan fingerprint density at radius 1 is 1.19 bits per heavy atom. The van der Waals surface area contributed by atoms with E-state index >= 15 is 0 Å². The number of methoxy groups -OCH3 is 1. The Labute approximate surface area is 169 Å². The highest BCUT2D eigenvalue weighted by atomic mass is 79.9. The summed E-state index contributed by atoms with van der Waals surface area (Å²) in [6.45, 7) is 7.12. The lowest BCUT2D eigenvalue weighted by molar-refractivity contribution is -0.116. The molecule has 146 valence electrons. The smallest absolute Gasteiger partial charge is 0.224 e. The first-order valence-electron chi connectivity index (χ1n) is 9.06. The lowest BCUT2D eigenvalue weighted by Gasteiger charge is -2.16. The predicted octanol–water partition coefficient (Wildman–Crippen LogP) is 5.45. The van der Waals surface area contributed by atoms with Gasteiger partial charge >= 0.3 is 0 Å². The third-order valence-corrected chi connectivity index (χ3v) is 4.29. The molecule has 0 saturated heterocycles. The molecule has 0 aromatic heterocycles. The molecular weight excluding hydrogens is 408 g/mol. The molecule has 2 rings (SSSR count). The fraction of sp³-hybridized carbons (Fsp3) is 0.381. The van der Waals surface area contributed by atoms with Crippen LogP contribution in [0.3, 0.4) is 0 Å². The van der Waals surface area contributed by atoms with Gasteiger partial charge in [-0.25, -0.2) is 0 Å². The molecule has 0 spiro atoms. The molecule has 0 atom stereocenters. The van der Waals surface area contributed by atoms with Crippen molar-refractivity contribution >= 4 is 33.2 Å². The quantitative estimate of drug-likeness (QED) is 0.550. The highest BCUT2D eigenvalue weighted by molar-refractivity contribution is 9.10. The SMILES string of the molecule is CCOc1c(CNc2cccc(NC(=O)CC(C)C)c2)cc(Br)cc1OC. The zero-order valence-electron chi connectivity index (χ0n) is 16.3. The number of hydrogen-bond donors (Lipinski definition) is 2. The molecule has 0 fully saturated rings. The van der Waals surface area contributed by atoms with Gasteiger partial charge in [-0.3, -0.25) is 4.79 Å². The Hall–Kier alpha value is -2.21. The molecule has 0 aliphatic heterocycles. The lowest BCUT2D eigenvalue weighted by Crippen LogP contribution is -2.14. The van der Waals surface area contributed by atoms with Crippen LogP contribution in [0.15, 0.2) is 40.9 Å². The number of nitrogens with one attached hydrogen (secondary N) is 2. The van der Waals surface area contributed by atoms with Gasteiger partial charge in [0.05, 0.1) is 13.7 Å². The van der Waals surface area contributed by atoms with Gasteiger partial charge in [0.1, 0.15) is 0 Å². The molecular formula is C21H27BrN2O3. The predicted molar refractivity (Wildman–Crippen MR) is 114 cm³/mol. The summed E-state index contributed by atoms with van der Waals surface area (Å²) in [6.07, 6.45) is 0.507. The largest absolute Gasteiger partial charge is 0.493 e. The summed E-state index contributed by atoms with van der Waals surface area (Å²) in [5.41, 5.74) is 2.68. The van der Waals surface area contributed by atoms with Crippen molar-refractivity contribution in [1.82, 2.24) is 0 Å². The van der Waals surface area contributed by atoms with Crippen molar-refractivity contribution in [2.24, 2.45) is 5.92 Å². The molecule has 0 radical (unpaired) electrons. The highest BCUT2D eigenvalue weighted by Gasteiger charge is 2.12. The van der Waals surface area contributed by atoms with Crippen LogP contribution in [0.2, 0.25) is 0 Å². The van der Waals surface area contributed by atoms with Crippen LogP contribution in [-0.4, -0.2) is 19.6 Å². The number of rotatable bonds is 9. The fourth-order valence-corrected chi connectivity index (χ4v) is 3.19. The number of halogens is 1. The summed E-state index contributed by atoms with van der Waals surface area (Å²) in [5.74, 6) is 1.78. The van der Waals surface area contributed by atoms with Crippen LogP contribution in [0.1, 0.15) is 32.8 Å². The molecule has 5 nitrogen and oxygen atoms in total. The van der Waals surface area contributed by atoms with Crippen LogP contribution in [-0.2, 0) is 11.3 Å². The minimum Gasteiger partial charge on any atom is -0.493 e. The van der Waals surface area contributed by atoms with Crippen molar-refractivity contribution in [3.63, 3.8) is 0 Å². The van der Waals surface area contributed by atoms with Crippen LogP contribution in [0, 0.1) is 5.92 Å². The van der Waals surface area contributed by atoms with Gasteiger partial charge in [-0.2, -0.15) is 0 Å². The first-order valence-corrected chi connectivity index (χ1v) is 9.85. The molecule has 1 amide bonds. The van der Waals surface area contributed by atoms with Crippen molar-refractivity contribution in [2.45, 2.75) is 33.7 Å². The second-order valence-corrected chi connectivity index (χ2v) is 7.53. The average Bonchev–Trinajstić information content (AvgIpc) is 2.61. The van der Waals surface area contributed by atoms with E-state index in [2.05, 4.69) is 26.6 Å². The Bertz CT molecular complexity index is 778. The molecule has 0 heterocycles. The van der Waals surface area contributed by atoms with Gasteiger partial charge < -0.3 is 20.1 Å². The molecule has 2 N–H and O–H groups in total. The van der Waals surface area contributed by atoms with E-state index in [1.807, 2.05) is 57.2 Å². The van der Waals surface area contributed by atoms with Crippen LogP contribution < -0.4 is 20.1 Å². The zero-order chi connectivity index (χ0) is 19.8. The van der Waals surface area contributed by atoms with Gasteiger partial charge in [-0.1, -0.05) is 35.8 Å². The summed E-state index contributed by atoms with van der Waals surface area (Å²) in [7, 11) is 1.63. The molecule has 2 aromatic rings. The lowest BCUT2D eigenvalue weighted by atomic mass is 10.1. The molecule has 0 unspecified atom stereocenters. The third-order valence-electron chi connectivity index (χ3n) is 3.83. The normalized spacial score (nSPS) is 10.6. The number of amides is 1. The van der Waals surface area contributed by atoms with E-state index in [9.17, 15) is 4.79 Å². The second kappa shape index (κ2) is 10.2. The number of carbonyl (C=O) groups is 1. The van der Waals surface area contributed by atoms with Gasteiger partial charge in [-0.05, 0) is 43.2 Å². The second-order valence-electron chi connectivity index (χ2n) is 6.61. The van der Waals surface area contributed by atoms with Crippen molar-refractivity contribution in [2.75, 3.05) is 24.4 Å². The van der Waals surface area contributed by atoms with E-state index in [1.165, 1.54) is 0 Å². The molecule has 2 aromatic carbocycles. The van der Waals surface area contributed by atoms with E-state index in [4.69, 9.17) is 9.47 Å². The Morgan fingerprint density at radius 3 is 2.59 bits per heavy atom. The van der Waals surface area contributed by atoms with Crippen LogP contribution in [0.25, 0.3) is 0 Å². The Kier molecular flexibility index (Phi) is 7.98. The number of benzene rings is 2. The van der Waals surface area contributed by atoms with Crippen molar-refractivity contribution in [3.8, 4) is 11.5 Å². The number of hydrogen-bond acceptors (Lipinski definition) is 4. The summed E-state index contributed by atoms with van der Waals surface area (Å²) >= 11 is 3.51. The monoisotopic (exact) mass is 434 g/mol. The Balaban J connectivity index is 2.12. The summed E-state index contributed by atoms with van der Waals surface area (Å²) in [5, 5.41) is 6.32. The maximum atomic E-state index is 12.0. The van der Waals surface area contributed by atoms with Gasteiger partial charge in [0, 0.05) is 34.4 Å². The van der Waals surface area contributed by atoms with Gasteiger partial charge in [-0.15, -0.1) is 0 Å². The Morgan fingerprint density at radius 2 is 1.93 bits per heavy atom. The maximum Gasteiger partial charge on any atom is 0.224 e. The average molecular weight is 435 g/mol. The van der Waals surface area contributed by atoms with Gasteiger partial charge in [0.2, 0.25) is 5.91 Å². The van der Waals surface area contributed by atoms with E-state index in [0.29, 0.717) is 31.2 Å². The summed E-state index contributed by atoms with van der Waals surface area (Å²) in [6, 6.07) is 11.6.